The molecule has 15 heavy (non-hydrogen) atoms. The number of H-pyrrole nitrogens is 1. The SMILES string of the molecule is Cc1cc(C)c2ncc(=O)c(=O)[nH]c2c1. The van der Waals surface area contributed by atoms with E-state index in [1.807, 2.05) is 19.9 Å². The molecule has 2 aromatic rings. The number of aromatic nitrogens is 2. The molecule has 1 heterocycles. The van der Waals surface area contributed by atoms with E-state index < -0.39 is 11.0 Å². The molecule has 76 valence electrons. The highest BCUT2D eigenvalue weighted by molar-refractivity contribution is 5.77. The van der Waals surface area contributed by atoms with Crippen molar-refractivity contribution in [1.29, 1.82) is 0 Å². The first-order chi connectivity index (χ1) is 7.08. The molecule has 0 radical (unpaired) electrons. The molecule has 0 spiro atoms. The van der Waals surface area contributed by atoms with Crippen LogP contribution in [0.5, 0.6) is 0 Å². The van der Waals surface area contributed by atoms with E-state index in [-0.39, 0.29) is 0 Å². The van der Waals surface area contributed by atoms with Crippen LogP contribution in [-0.4, -0.2) is 9.97 Å². The third-order valence-electron chi connectivity index (χ3n) is 2.23. The number of hydrogen-bond acceptors (Lipinski definition) is 3. The van der Waals surface area contributed by atoms with Crippen molar-refractivity contribution in [2.24, 2.45) is 0 Å². The molecule has 0 aliphatic heterocycles. The highest BCUT2D eigenvalue weighted by Gasteiger charge is 2.00. The summed E-state index contributed by atoms with van der Waals surface area (Å²) in [4.78, 5) is 28.9. The zero-order valence-corrected chi connectivity index (χ0v) is 8.50. The van der Waals surface area contributed by atoms with Crippen LogP contribution in [-0.2, 0) is 0 Å². The van der Waals surface area contributed by atoms with Gasteiger partial charge in [0.1, 0.15) is 0 Å². The van der Waals surface area contributed by atoms with Crippen LogP contribution in [0.15, 0.2) is 27.9 Å². The molecule has 1 N–H and O–H groups in total. The van der Waals surface area contributed by atoms with E-state index in [1.54, 1.807) is 6.07 Å². The van der Waals surface area contributed by atoms with E-state index in [4.69, 9.17) is 0 Å². The van der Waals surface area contributed by atoms with Gasteiger partial charge in [0, 0.05) is 0 Å². The first-order valence-corrected chi connectivity index (χ1v) is 4.58. The fraction of sp³-hybridized carbons (Fsp3) is 0.182. The Morgan fingerprint density at radius 1 is 1.20 bits per heavy atom. The van der Waals surface area contributed by atoms with Crippen molar-refractivity contribution in [2.45, 2.75) is 13.8 Å². The average Bonchev–Trinajstić information content (AvgIpc) is 2.27. The van der Waals surface area contributed by atoms with E-state index in [9.17, 15) is 9.59 Å². The normalized spacial score (nSPS) is 10.5. The van der Waals surface area contributed by atoms with Gasteiger partial charge in [0.05, 0.1) is 17.2 Å². The summed E-state index contributed by atoms with van der Waals surface area (Å²) >= 11 is 0. The van der Waals surface area contributed by atoms with Crippen molar-refractivity contribution in [3.8, 4) is 0 Å². The van der Waals surface area contributed by atoms with E-state index in [2.05, 4.69) is 9.97 Å². The van der Waals surface area contributed by atoms with Gasteiger partial charge in [-0.1, -0.05) is 6.07 Å². The Bertz CT molecular complexity index is 644. The molecule has 0 fully saturated rings. The van der Waals surface area contributed by atoms with Crippen LogP contribution in [0.4, 0.5) is 0 Å². The molecule has 4 nitrogen and oxygen atoms in total. The number of hydrogen-bond donors (Lipinski definition) is 1. The Hall–Kier alpha value is -1.97. The Labute approximate surface area is 85.6 Å². The summed E-state index contributed by atoms with van der Waals surface area (Å²) in [5.74, 6) is 0. The Kier molecular flexibility index (Phi) is 2.11. The fourth-order valence-electron chi connectivity index (χ4n) is 1.59. The molecule has 1 aromatic carbocycles. The van der Waals surface area contributed by atoms with E-state index in [0.717, 1.165) is 17.3 Å². The highest BCUT2D eigenvalue weighted by atomic mass is 16.2. The summed E-state index contributed by atoms with van der Waals surface area (Å²) in [7, 11) is 0. The van der Waals surface area contributed by atoms with Crippen molar-refractivity contribution in [1.82, 2.24) is 9.97 Å². The van der Waals surface area contributed by atoms with Crippen molar-refractivity contribution < 1.29 is 0 Å². The van der Waals surface area contributed by atoms with Gasteiger partial charge >= 0.3 is 0 Å². The maximum atomic E-state index is 11.2. The Balaban J connectivity index is 3.07. The molecule has 0 saturated carbocycles. The van der Waals surface area contributed by atoms with Crippen LogP contribution in [0.2, 0.25) is 0 Å². The van der Waals surface area contributed by atoms with Gasteiger partial charge in [0.25, 0.3) is 11.0 Å². The average molecular weight is 202 g/mol. The molecular weight excluding hydrogens is 192 g/mol. The number of benzene rings is 1. The molecular formula is C11H10N2O2. The molecule has 4 heteroatoms. The lowest BCUT2D eigenvalue weighted by Crippen LogP contribution is -2.22. The molecule has 0 unspecified atom stereocenters. The second kappa shape index (κ2) is 3.31. The summed E-state index contributed by atoms with van der Waals surface area (Å²) in [6.07, 6.45) is 1.06. The van der Waals surface area contributed by atoms with Gasteiger partial charge in [0.2, 0.25) is 0 Å². The largest absolute Gasteiger partial charge is 0.317 e. The van der Waals surface area contributed by atoms with Crippen molar-refractivity contribution in [2.75, 3.05) is 0 Å². The van der Waals surface area contributed by atoms with Gasteiger partial charge in [-0.05, 0) is 31.0 Å². The fourth-order valence-corrected chi connectivity index (χ4v) is 1.59. The van der Waals surface area contributed by atoms with Gasteiger partial charge < -0.3 is 4.98 Å². The smallest absolute Gasteiger partial charge is 0.297 e. The number of nitrogens with one attached hydrogen (secondary N) is 1. The van der Waals surface area contributed by atoms with Crippen LogP contribution < -0.4 is 11.0 Å². The zero-order chi connectivity index (χ0) is 11.0. The summed E-state index contributed by atoms with van der Waals surface area (Å²) in [5, 5.41) is 0. The highest BCUT2D eigenvalue weighted by Crippen LogP contribution is 2.13. The third kappa shape index (κ3) is 1.66. The second-order valence-corrected chi connectivity index (χ2v) is 3.55. The number of aromatic amines is 1. The predicted molar refractivity (Wildman–Crippen MR) is 58.1 cm³/mol. The topological polar surface area (TPSA) is 62.8 Å². The lowest BCUT2D eigenvalue weighted by Gasteiger charge is -1.98. The maximum absolute atomic E-state index is 11.2. The van der Waals surface area contributed by atoms with E-state index in [0.29, 0.717) is 11.0 Å². The van der Waals surface area contributed by atoms with Gasteiger partial charge in [-0.2, -0.15) is 0 Å². The summed E-state index contributed by atoms with van der Waals surface area (Å²) < 4.78 is 0. The van der Waals surface area contributed by atoms with E-state index in [1.165, 1.54) is 0 Å². The van der Waals surface area contributed by atoms with Crippen molar-refractivity contribution in [3.05, 3.63) is 50.0 Å². The molecule has 1 aromatic heterocycles. The van der Waals surface area contributed by atoms with Gasteiger partial charge in [-0.15, -0.1) is 0 Å². The van der Waals surface area contributed by atoms with Crippen LogP contribution in [0.3, 0.4) is 0 Å². The number of fused-ring (bicyclic) bond motifs is 1. The summed E-state index contributed by atoms with van der Waals surface area (Å²) in [6, 6.07) is 3.76. The second-order valence-electron chi connectivity index (χ2n) is 3.55. The van der Waals surface area contributed by atoms with Gasteiger partial charge in [0.15, 0.2) is 0 Å². The molecule has 0 aliphatic carbocycles. The third-order valence-corrected chi connectivity index (χ3v) is 2.23. The minimum atomic E-state index is -0.637. The van der Waals surface area contributed by atoms with Gasteiger partial charge in [-0.3, -0.25) is 14.6 Å². The van der Waals surface area contributed by atoms with E-state index >= 15 is 0 Å². The Morgan fingerprint density at radius 2 is 1.93 bits per heavy atom. The number of rotatable bonds is 0. The standard InChI is InChI=1S/C11H10N2O2/c1-6-3-7(2)10-8(4-6)13-11(15)9(14)5-12-10/h3-5H,1-2H3,(H,13,14,15). The van der Waals surface area contributed by atoms with Crippen LogP contribution in [0.25, 0.3) is 11.0 Å². The summed E-state index contributed by atoms with van der Waals surface area (Å²) in [5.41, 5.74) is 1.96. The number of aryl methyl sites for hydroxylation is 2. The minimum Gasteiger partial charge on any atom is -0.317 e. The monoisotopic (exact) mass is 202 g/mol. The molecule has 2 rings (SSSR count). The quantitative estimate of drug-likeness (QED) is 0.645. The van der Waals surface area contributed by atoms with Gasteiger partial charge in [-0.25, -0.2) is 0 Å². The lowest BCUT2D eigenvalue weighted by molar-refractivity contribution is 1.27. The Morgan fingerprint density at radius 3 is 2.67 bits per heavy atom. The van der Waals surface area contributed by atoms with Crippen LogP contribution in [0, 0.1) is 13.8 Å². The number of nitrogens with zero attached hydrogens (tertiary/aromatic N) is 1. The van der Waals surface area contributed by atoms with Crippen molar-refractivity contribution >= 4 is 11.0 Å². The van der Waals surface area contributed by atoms with Crippen LogP contribution >= 0.6 is 0 Å². The molecule has 0 aliphatic rings. The predicted octanol–water partition coefficient (Wildman–Crippen LogP) is 0.900. The van der Waals surface area contributed by atoms with Crippen LogP contribution in [0.1, 0.15) is 11.1 Å². The molecule has 0 atom stereocenters. The molecule has 0 bridgehead atoms. The first-order valence-electron chi connectivity index (χ1n) is 4.58. The maximum Gasteiger partial charge on any atom is 0.297 e. The zero-order valence-electron chi connectivity index (χ0n) is 8.50. The molecule has 0 amide bonds. The summed E-state index contributed by atoms with van der Waals surface area (Å²) in [6.45, 7) is 3.82. The molecule has 0 saturated heterocycles. The minimum absolute atomic E-state index is 0.597. The van der Waals surface area contributed by atoms with Crippen molar-refractivity contribution in [3.63, 3.8) is 0 Å². The lowest BCUT2D eigenvalue weighted by atomic mass is 10.1. The first kappa shape index (κ1) is 9.58.